The Bertz CT molecular complexity index is 616. The number of nitrogens with zero attached hydrogens (tertiary/aromatic N) is 1. The van der Waals surface area contributed by atoms with Crippen LogP contribution < -0.4 is 5.32 Å². The first-order valence-corrected chi connectivity index (χ1v) is 5.77. The first-order valence-electron chi connectivity index (χ1n) is 5.02. The van der Waals surface area contributed by atoms with Gasteiger partial charge >= 0.3 is 5.97 Å². The number of carbonyl (C=O) groups excluding carboxylic acids is 1. The van der Waals surface area contributed by atoms with Crippen LogP contribution in [0.1, 0.15) is 17.9 Å². The molecule has 1 heterocycles. The number of carboxylic acids is 1. The summed E-state index contributed by atoms with van der Waals surface area (Å²) >= 11 is 11.5. The number of benzene rings is 1. The maximum atomic E-state index is 11.7. The first-order chi connectivity index (χ1) is 8.82. The third-order valence-electron chi connectivity index (χ3n) is 2.72. The van der Waals surface area contributed by atoms with E-state index < -0.39 is 34.8 Å². The van der Waals surface area contributed by atoms with Gasteiger partial charge in [0.25, 0.3) is 5.69 Å². The number of carbonyl (C=O) groups is 2. The number of nitro groups is 1. The van der Waals surface area contributed by atoms with Gasteiger partial charge in [-0.1, -0.05) is 23.2 Å². The van der Waals surface area contributed by atoms with Crippen molar-refractivity contribution >= 4 is 46.5 Å². The minimum atomic E-state index is -1.24. The molecule has 2 N–H and O–H groups in total. The summed E-state index contributed by atoms with van der Waals surface area (Å²) in [5.41, 5.74) is -0.446. The quantitative estimate of drug-likeness (QED) is 0.658. The highest BCUT2D eigenvalue weighted by Crippen LogP contribution is 2.47. The zero-order valence-electron chi connectivity index (χ0n) is 9.15. The fourth-order valence-corrected chi connectivity index (χ4v) is 2.41. The molecule has 7 nitrogen and oxygen atoms in total. The Balaban J connectivity index is 2.68. The molecule has 0 aliphatic carbocycles. The molecule has 0 aromatic heterocycles. The Morgan fingerprint density at radius 1 is 1.53 bits per heavy atom. The molecule has 9 heteroatoms. The number of anilines is 1. The molecule has 100 valence electrons. The van der Waals surface area contributed by atoms with Gasteiger partial charge in [-0.25, -0.2) is 0 Å². The van der Waals surface area contributed by atoms with Crippen LogP contribution in [-0.2, 0) is 9.59 Å². The van der Waals surface area contributed by atoms with Gasteiger partial charge in [-0.3, -0.25) is 19.7 Å². The number of hydrogen-bond donors (Lipinski definition) is 2. The molecule has 1 atom stereocenters. The Hall–Kier alpha value is -1.86. The van der Waals surface area contributed by atoms with Crippen LogP contribution in [0.3, 0.4) is 0 Å². The van der Waals surface area contributed by atoms with Gasteiger partial charge in [-0.05, 0) is 6.07 Å². The third-order valence-corrected chi connectivity index (χ3v) is 3.50. The highest BCUT2D eigenvalue weighted by atomic mass is 35.5. The molecule has 19 heavy (non-hydrogen) atoms. The van der Waals surface area contributed by atoms with Crippen molar-refractivity contribution in [2.45, 2.75) is 12.3 Å². The number of halogens is 2. The standard InChI is InChI=1S/C10H6Cl2N2O5/c11-4-2-5-7(9(8(4)12)14(18)19)3(1-6(15)16)10(17)13-5/h2-3H,1H2,(H,13,17)(H,15,16). The lowest BCUT2D eigenvalue weighted by atomic mass is 9.95. The molecule has 0 fully saturated rings. The van der Waals surface area contributed by atoms with Gasteiger partial charge in [-0.15, -0.1) is 0 Å². The molecular weight excluding hydrogens is 299 g/mol. The van der Waals surface area contributed by atoms with E-state index in [4.69, 9.17) is 28.3 Å². The van der Waals surface area contributed by atoms with Crippen LogP contribution in [-0.4, -0.2) is 21.9 Å². The molecule has 0 bridgehead atoms. The van der Waals surface area contributed by atoms with E-state index >= 15 is 0 Å². The van der Waals surface area contributed by atoms with E-state index in [0.717, 1.165) is 0 Å². The summed E-state index contributed by atoms with van der Waals surface area (Å²) in [6, 6.07) is 1.27. The van der Waals surface area contributed by atoms with E-state index in [1.165, 1.54) is 6.07 Å². The fraction of sp³-hybridized carbons (Fsp3) is 0.200. The van der Waals surface area contributed by atoms with Crippen molar-refractivity contribution in [3.8, 4) is 0 Å². The molecular formula is C10H6Cl2N2O5. The predicted molar refractivity (Wildman–Crippen MR) is 66.7 cm³/mol. The first kappa shape index (κ1) is 13.6. The fourth-order valence-electron chi connectivity index (χ4n) is 1.98. The largest absolute Gasteiger partial charge is 0.481 e. The number of nitrogens with one attached hydrogen (secondary N) is 1. The Morgan fingerprint density at radius 2 is 2.16 bits per heavy atom. The van der Waals surface area contributed by atoms with Crippen molar-refractivity contribution < 1.29 is 19.6 Å². The summed E-state index contributed by atoms with van der Waals surface area (Å²) in [5.74, 6) is -3.02. The molecule has 1 unspecified atom stereocenters. The minimum Gasteiger partial charge on any atom is -0.481 e. The minimum absolute atomic E-state index is 0.0354. The highest BCUT2D eigenvalue weighted by Gasteiger charge is 2.40. The van der Waals surface area contributed by atoms with Crippen LogP contribution in [0, 0.1) is 10.1 Å². The summed E-state index contributed by atoms with van der Waals surface area (Å²) in [6.45, 7) is 0. The highest BCUT2D eigenvalue weighted by molar-refractivity contribution is 6.44. The molecule has 1 aliphatic heterocycles. The van der Waals surface area contributed by atoms with Gasteiger partial charge in [-0.2, -0.15) is 0 Å². The lowest BCUT2D eigenvalue weighted by molar-refractivity contribution is -0.385. The molecule has 1 aromatic carbocycles. The van der Waals surface area contributed by atoms with Gasteiger partial charge < -0.3 is 10.4 Å². The average Bonchev–Trinajstić information content (AvgIpc) is 2.56. The molecule has 0 saturated carbocycles. The van der Waals surface area contributed by atoms with Crippen molar-refractivity contribution in [2.75, 3.05) is 5.32 Å². The lowest BCUT2D eigenvalue weighted by Gasteiger charge is -2.08. The van der Waals surface area contributed by atoms with Crippen LogP contribution in [0.4, 0.5) is 11.4 Å². The van der Waals surface area contributed by atoms with E-state index in [1.54, 1.807) is 0 Å². The van der Waals surface area contributed by atoms with Crippen LogP contribution in [0.2, 0.25) is 10.0 Å². The predicted octanol–water partition coefficient (Wildman–Crippen LogP) is 2.41. The van der Waals surface area contributed by atoms with Crippen molar-refractivity contribution in [3.63, 3.8) is 0 Å². The summed E-state index contributed by atoms with van der Waals surface area (Å²) in [6.07, 6.45) is -0.558. The van der Waals surface area contributed by atoms with Crippen LogP contribution in [0.5, 0.6) is 0 Å². The summed E-state index contributed by atoms with van der Waals surface area (Å²) in [7, 11) is 0. The summed E-state index contributed by atoms with van der Waals surface area (Å²) in [5, 5.41) is 21.8. The number of hydrogen-bond acceptors (Lipinski definition) is 4. The number of aliphatic carboxylic acids is 1. The maximum absolute atomic E-state index is 11.7. The van der Waals surface area contributed by atoms with Gasteiger partial charge in [0.05, 0.1) is 33.5 Å². The zero-order chi connectivity index (χ0) is 14.3. The molecule has 0 radical (unpaired) electrons. The molecule has 1 aromatic rings. The zero-order valence-corrected chi connectivity index (χ0v) is 10.7. The van der Waals surface area contributed by atoms with Gasteiger partial charge in [0.15, 0.2) is 0 Å². The normalized spacial score (nSPS) is 16.9. The van der Waals surface area contributed by atoms with Crippen LogP contribution in [0.15, 0.2) is 6.07 Å². The Labute approximate surface area is 116 Å². The monoisotopic (exact) mass is 304 g/mol. The molecule has 1 amide bonds. The lowest BCUT2D eigenvalue weighted by Crippen LogP contribution is -2.16. The molecule has 1 aliphatic rings. The van der Waals surface area contributed by atoms with E-state index in [1.807, 2.05) is 0 Å². The van der Waals surface area contributed by atoms with E-state index in [9.17, 15) is 19.7 Å². The second-order valence-electron chi connectivity index (χ2n) is 3.88. The average molecular weight is 305 g/mol. The topological polar surface area (TPSA) is 110 Å². The number of rotatable bonds is 3. The van der Waals surface area contributed by atoms with E-state index in [0.29, 0.717) is 0 Å². The Kier molecular flexibility index (Phi) is 3.34. The van der Waals surface area contributed by atoms with E-state index in [2.05, 4.69) is 5.32 Å². The van der Waals surface area contributed by atoms with Crippen molar-refractivity contribution in [1.82, 2.24) is 0 Å². The van der Waals surface area contributed by atoms with Gasteiger partial charge in [0.2, 0.25) is 5.91 Å². The summed E-state index contributed by atoms with van der Waals surface area (Å²) < 4.78 is 0. The summed E-state index contributed by atoms with van der Waals surface area (Å²) in [4.78, 5) is 32.7. The van der Waals surface area contributed by atoms with Crippen molar-refractivity contribution in [2.24, 2.45) is 0 Å². The second-order valence-corrected chi connectivity index (χ2v) is 4.66. The van der Waals surface area contributed by atoms with Gasteiger partial charge in [0.1, 0.15) is 5.02 Å². The molecule has 0 spiro atoms. The maximum Gasteiger partial charge on any atom is 0.304 e. The van der Waals surface area contributed by atoms with Crippen LogP contribution >= 0.6 is 23.2 Å². The third kappa shape index (κ3) is 2.22. The van der Waals surface area contributed by atoms with Gasteiger partial charge in [0, 0.05) is 0 Å². The second kappa shape index (κ2) is 4.67. The number of fused-ring (bicyclic) bond motifs is 1. The number of amides is 1. The SMILES string of the molecule is O=C(O)CC1C(=O)Nc2cc(Cl)c(Cl)c([N+](=O)[O-])c21. The number of nitro benzene ring substituents is 1. The molecule has 2 rings (SSSR count). The number of carboxylic acid groups (broad SMARTS) is 1. The van der Waals surface area contributed by atoms with E-state index in [-0.39, 0.29) is 21.3 Å². The van der Waals surface area contributed by atoms with Crippen LogP contribution in [0.25, 0.3) is 0 Å². The Morgan fingerprint density at radius 3 is 2.68 bits per heavy atom. The van der Waals surface area contributed by atoms with Crippen molar-refractivity contribution in [1.29, 1.82) is 0 Å². The van der Waals surface area contributed by atoms with Crippen molar-refractivity contribution in [3.05, 3.63) is 31.8 Å². The molecule has 0 saturated heterocycles. The smallest absolute Gasteiger partial charge is 0.304 e.